The van der Waals surface area contributed by atoms with Crippen molar-refractivity contribution < 1.29 is 9.18 Å². The minimum absolute atomic E-state index is 0.0434. The molecular weight excluding hydrogens is 207 g/mol. The van der Waals surface area contributed by atoms with Gasteiger partial charge in [0.2, 0.25) is 5.91 Å². The third kappa shape index (κ3) is 4.89. The quantitative estimate of drug-likeness (QED) is 0.790. The van der Waals surface area contributed by atoms with E-state index in [1.165, 1.54) is 12.1 Å². The van der Waals surface area contributed by atoms with Crippen molar-refractivity contribution in [3.63, 3.8) is 0 Å². The maximum atomic E-state index is 12.8. The molecule has 3 nitrogen and oxygen atoms in total. The second kappa shape index (κ2) is 6.23. The van der Waals surface area contributed by atoms with Crippen LogP contribution in [0.15, 0.2) is 24.3 Å². The number of aryl methyl sites for hydroxylation is 1. The van der Waals surface area contributed by atoms with Crippen LogP contribution in [0.25, 0.3) is 0 Å². The first-order chi connectivity index (χ1) is 7.58. The average molecular weight is 224 g/mol. The van der Waals surface area contributed by atoms with Gasteiger partial charge in [-0.15, -0.1) is 0 Å². The van der Waals surface area contributed by atoms with E-state index in [1.54, 1.807) is 6.07 Å². The molecule has 0 aliphatic rings. The van der Waals surface area contributed by atoms with E-state index in [-0.39, 0.29) is 17.8 Å². The largest absolute Gasteiger partial charge is 0.355 e. The Bertz CT molecular complexity index is 353. The van der Waals surface area contributed by atoms with E-state index in [1.807, 2.05) is 13.0 Å². The topological polar surface area (TPSA) is 55.1 Å². The summed E-state index contributed by atoms with van der Waals surface area (Å²) >= 11 is 0. The second-order valence-corrected chi connectivity index (χ2v) is 3.91. The van der Waals surface area contributed by atoms with Gasteiger partial charge in [0.1, 0.15) is 5.82 Å². The molecule has 1 amide bonds. The van der Waals surface area contributed by atoms with Gasteiger partial charge < -0.3 is 11.1 Å². The highest BCUT2D eigenvalue weighted by molar-refractivity contribution is 5.76. The monoisotopic (exact) mass is 224 g/mol. The van der Waals surface area contributed by atoms with Gasteiger partial charge in [0, 0.05) is 19.0 Å². The summed E-state index contributed by atoms with van der Waals surface area (Å²) in [5, 5.41) is 2.71. The number of halogens is 1. The van der Waals surface area contributed by atoms with Crippen molar-refractivity contribution in [3.8, 4) is 0 Å². The lowest BCUT2D eigenvalue weighted by Crippen LogP contribution is -2.35. The van der Waals surface area contributed by atoms with E-state index in [0.717, 1.165) is 5.56 Å². The van der Waals surface area contributed by atoms with Gasteiger partial charge in [0.15, 0.2) is 0 Å². The lowest BCUT2D eigenvalue weighted by atomic mass is 10.1. The molecule has 0 saturated carbocycles. The number of nitrogens with two attached hydrogens (primary N) is 1. The van der Waals surface area contributed by atoms with Crippen molar-refractivity contribution in [1.82, 2.24) is 5.32 Å². The summed E-state index contributed by atoms with van der Waals surface area (Å²) in [5.41, 5.74) is 6.33. The summed E-state index contributed by atoms with van der Waals surface area (Å²) in [4.78, 5) is 11.3. The predicted octanol–water partition coefficient (Wildman–Crippen LogP) is 1.22. The highest BCUT2D eigenvalue weighted by Crippen LogP contribution is 2.05. The van der Waals surface area contributed by atoms with Crippen LogP contribution in [0.2, 0.25) is 0 Å². The number of hydrogen-bond acceptors (Lipinski definition) is 2. The molecule has 4 heteroatoms. The van der Waals surface area contributed by atoms with E-state index < -0.39 is 0 Å². The van der Waals surface area contributed by atoms with Crippen LogP contribution in [0.4, 0.5) is 4.39 Å². The van der Waals surface area contributed by atoms with Crippen LogP contribution < -0.4 is 11.1 Å². The van der Waals surface area contributed by atoms with Crippen molar-refractivity contribution >= 4 is 5.91 Å². The standard InChI is InChI=1S/C12H17FN2O/c1-9(14)8-15-12(16)6-5-10-3-2-4-11(13)7-10/h2-4,7,9H,5-6,8,14H2,1H3,(H,15,16). The third-order valence-electron chi connectivity index (χ3n) is 2.15. The fourth-order valence-electron chi connectivity index (χ4n) is 1.31. The Morgan fingerprint density at radius 2 is 2.31 bits per heavy atom. The van der Waals surface area contributed by atoms with Crippen LogP contribution in [0.3, 0.4) is 0 Å². The third-order valence-corrected chi connectivity index (χ3v) is 2.15. The fraction of sp³-hybridized carbons (Fsp3) is 0.417. The minimum atomic E-state index is -0.270. The van der Waals surface area contributed by atoms with Gasteiger partial charge in [-0.3, -0.25) is 4.79 Å². The van der Waals surface area contributed by atoms with Gasteiger partial charge in [-0.1, -0.05) is 12.1 Å². The van der Waals surface area contributed by atoms with E-state index in [2.05, 4.69) is 5.32 Å². The SMILES string of the molecule is CC(N)CNC(=O)CCc1cccc(F)c1. The molecule has 0 spiro atoms. The number of hydrogen-bond donors (Lipinski definition) is 2. The molecule has 0 bridgehead atoms. The molecule has 0 aromatic heterocycles. The smallest absolute Gasteiger partial charge is 0.220 e. The molecule has 16 heavy (non-hydrogen) atoms. The van der Waals surface area contributed by atoms with Crippen molar-refractivity contribution in [3.05, 3.63) is 35.6 Å². The zero-order valence-electron chi connectivity index (χ0n) is 9.37. The Hall–Kier alpha value is -1.42. The summed E-state index contributed by atoms with van der Waals surface area (Å²) in [5.74, 6) is -0.324. The normalized spacial score (nSPS) is 12.2. The molecule has 88 valence electrons. The molecule has 0 saturated heterocycles. The summed E-state index contributed by atoms with van der Waals surface area (Å²) in [6, 6.07) is 6.24. The van der Waals surface area contributed by atoms with Gasteiger partial charge in [-0.05, 0) is 31.0 Å². The van der Waals surface area contributed by atoms with Crippen molar-refractivity contribution in [2.24, 2.45) is 5.73 Å². The van der Waals surface area contributed by atoms with Crippen LogP contribution in [-0.2, 0) is 11.2 Å². The molecule has 1 aromatic rings. The molecule has 1 atom stereocenters. The van der Waals surface area contributed by atoms with E-state index >= 15 is 0 Å². The van der Waals surface area contributed by atoms with Crippen molar-refractivity contribution in [1.29, 1.82) is 0 Å². The van der Waals surface area contributed by atoms with Crippen LogP contribution >= 0.6 is 0 Å². The van der Waals surface area contributed by atoms with Gasteiger partial charge in [-0.25, -0.2) is 4.39 Å². The molecule has 0 radical (unpaired) electrons. The predicted molar refractivity (Wildman–Crippen MR) is 61.4 cm³/mol. The first-order valence-corrected chi connectivity index (χ1v) is 5.34. The van der Waals surface area contributed by atoms with Crippen LogP contribution in [-0.4, -0.2) is 18.5 Å². The van der Waals surface area contributed by atoms with E-state index in [0.29, 0.717) is 19.4 Å². The first kappa shape index (κ1) is 12.6. The van der Waals surface area contributed by atoms with Crippen LogP contribution in [0.5, 0.6) is 0 Å². The molecule has 1 unspecified atom stereocenters. The fourth-order valence-corrected chi connectivity index (χ4v) is 1.31. The van der Waals surface area contributed by atoms with Crippen LogP contribution in [0.1, 0.15) is 18.9 Å². The van der Waals surface area contributed by atoms with E-state index in [9.17, 15) is 9.18 Å². The molecular formula is C12H17FN2O. The lowest BCUT2D eigenvalue weighted by molar-refractivity contribution is -0.121. The molecule has 1 rings (SSSR count). The minimum Gasteiger partial charge on any atom is -0.355 e. The van der Waals surface area contributed by atoms with Gasteiger partial charge in [0.25, 0.3) is 0 Å². The zero-order chi connectivity index (χ0) is 12.0. The van der Waals surface area contributed by atoms with Gasteiger partial charge in [0.05, 0.1) is 0 Å². The molecule has 0 aliphatic heterocycles. The number of rotatable bonds is 5. The Balaban J connectivity index is 2.31. The highest BCUT2D eigenvalue weighted by atomic mass is 19.1. The summed E-state index contributed by atoms with van der Waals surface area (Å²) < 4.78 is 12.8. The number of carbonyl (C=O) groups is 1. The highest BCUT2D eigenvalue weighted by Gasteiger charge is 2.03. The van der Waals surface area contributed by atoms with Crippen molar-refractivity contribution in [2.75, 3.05) is 6.54 Å². The number of nitrogens with one attached hydrogen (secondary N) is 1. The summed E-state index contributed by atoms with van der Waals surface area (Å²) in [6.07, 6.45) is 0.902. The maximum absolute atomic E-state index is 12.8. The average Bonchev–Trinajstić information content (AvgIpc) is 2.23. The van der Waals surface area contributed by atoms with Gasteiger partial charge in [-0.2, -0.15) is 0 Å². The molecule has 0 heterocycles. The number of carbonyl (C=O) groups excluding carboxylic acids is 1. The Labute approximate surface area is 94.8 Å². The molecule has 3 N–H and O–H groups in total. The zero-order valence-corrected chi connectivity index (χ0v) is 9.37. The molecule has 0 fully saturated rings. The Morgan fingerprint density at radius 1 is 1.56 bits per heavy atom. The van der Waals surface area contributed by atoms with Crippen LogP contribution in [0, 0.1) is 5.82 Å². The van der Waals surface area contributed by atoms with Gasteiger partial charge >= 0.3 is 0 Å². The van der Waals surface area contributed by atoms with Crippen molar-refractivity contribution in [2.45, 2.75) is 25.8 Å². The van der Waals surface area contributed by atoms with E-state index in [4.69, 9.17) is 5.73 Å². The maximum Gasteiger partial charge on any atom is 0.220 e. The summed E-state index contributed by atoms with van der Waals surface area (Å²) in [6.45, 7) is 2.30. The second-order valence-electron chi connectivity index (χ2n) is 3.91. The number of benzene rings is 1. The Kier molecular flexibility index (Phi) is 4.92. The first-order valence-electron chi connectivity index (χ1n) is 5.34. The summed E-state index contributed by atoms with van der Waals surface area (Å²) in [7, 11) is 0. The number of amides is 1. The molecule has 1 aromatic carbocycles. The molecule has 0 aliphatic carbocycles. The Morgan fingerprint density at radius 3 is 2.94 bits per heavy atom. The lowest BCUT2D eigenvalue weighted by Gasteiger charge is -2.07.